The molecule has 2 aromatic rings. The number of ether oxygens (including phenoxy) is 1. The Labute approximate surface area is 117 Å². The summed E-state index contributed by atoms with van der Waals surface area (Å²) >= 11 is 0. The highest BCUT2D eigenvalue weighted by molar-refractivity contribution is 5.36. The number of hydrogen-bond acceptors (Lipinski definition) is 1. The molecule has 0 fully saturated rings. The van der Waals surface area contributed by atoms with Gasteiger partial charge in [-0.15, -0.1) is 0 Å². The Morgan fingerprint density at radius 2 is 1.58 bits per heavy atom. The first-order valence-electron chi connectivity index (χ1n) is 7.06. The van der Waals surface area contributed by atoms with Gasteiger partial charge in [0.1, 0.15) is 12.4 Å². The van der Waals surface area contributed by atoms with E-state index in [1.54, 1.807) is 0 Å². The van der Waals surface area contributed by atoms with Gasteiger partial charge in [0.2, 0.25) is 0 Å². The molecule has 2 aromatic carbocycles. The summed E-state index contributed by atoms with van der Waals surface area (Å²) in [6, 6.07) is 16.6. The summed E-state index contributed by atoms with van der Waals surface area (Å²) in [5.74, 6) is 0.978. The van der Waals surface area contributed by atoms with E-state index in [4.69, 9.17) is 4.74 Å². The van der Waals surface area contributed by atoms with Gasteiger partial charge in [-0.05, 0) is 36.1 Å². The zero-order chi connectivity index (χ0) is 14.1. The van der Waals surface area contributed by atoms with E-state index in [0.29, 0.717) is 6.61 Å². The highest BCUT2D eigenvalue weighted by Gasteiger charge is 2.00. The smallest absolute Gasteiger partial charge is 0.122 e. The van der Waals surface area contributed by atoms with Crippen molar-refractivity contribution in [2.45, 2.75) is 40.7 Å². The van der Waals surface area contributed by atoms with Crippen LogP contribution in [-0.4, -0.2) is 0 Å². The first-order chi connectivity index (χ1) is 9.29. The number of benzene rings is 2. The van der Waals surface area contributed by atoms with Crippen LogP contribution < -0.4 is 4.74 Å². The Balaban J connectivity index is 0.000000861. The average Bonchev–Trinajstić information content (AvgIpc) is 2.49. The fourth-order valence-corrected chi connectivity index (χ4v) is 1.83. The molecular weight excluding hydrogens is 232 g/mol. The summed E-state index contributed by atoms with van der Waals surface area (Å²) in [7, 11) is 0. The molecule has 0 saturated carbocycles. The Kier molecular flexibility index (Phi) is 6.73. The lowest BCUT2D eigenvalue weighted by molar-refractivity contribution is 0.304. The Morgan fingerprint density at radius 3 is 2.16 bits per heavy atom. The summed E-state index contributed by atoms with van der Waals surface area (Å²) in [5, 5.41) is 0. The van der Waals surface area contributed by atoms with Crippen LogP contribution in [0.2, 0.25) is 0 Å². The maximum atomic E-state index is 5.82. The lowest BCUT2D eigenvalue weighted by atomic mass is 10.1. The Hall–Kier alpha value is -1.76. The Morgan fingerprint density at radius 1 is 0.895 bits per heavy atom. The number of aryl methyl sites for hydroxylation is 2. The van der Waals surface area contributed by atoms with E-state index in [0.717, 1.165) is 12.2 Å². The summed E-state index contributed by atoms with van der Waals surface area (Å²) < 4.78 is 5.82. The van der Waals surface area contributed by atoms with Crippen molar-refractivity contribution in [2.24, 2.45) is 0 Å². The van der Waals surface area contributed by atoms with Crippen molar-refractivity contribution in [3.05, 3.63) is 65.2 Å². The molecule has 0 amide bonds. The summed E-state index contributed by atoms with van der Waals surface area (Å²) in [5.41, 5.74) is 3.77. The maximum Gasteiger partial charge on any atom is 0.122 e. The van der Waals surface area contributed by atoms with Crippen LogP contribution in [0.15, 0.2) is 48.5 Å². The highest BCUT2D eigenvalue weighted by atomic mass is 16.5. The molecule has 0 unspecified atom stereocenters. The third-order valence-electron chi connectivity index (χ3n) is 2.88. The molecule has 102 valence electrons. The van der Waals surface area contributed by atoms with Gasteiger partial charge in [-0.2, -0.15) is 0 Å². The number of hydrogen-bond donors (Lipinski definition) is 0. The van der Waals surface area contributed by atoms with Crippen LogP contribution in [-0.2, 0) is 13.0 Å². The van der Waals surface area contributed by atoms with Gasteiger partial charge in [-0.1, -0.05) is 63.2 Å². The molecule has 0 bridgehead atoms. The molecule has 1 heteroatoms. The third kappa shape index (κ3) is 4.78. The van der Waals surface area contributed by atoms with Gasteiger partial charge < -0.3 is 4.74 Å². The fraction of sp³-hybridized carbons (Fsp3) is 0.333. The minimum Gasteiger partial charge on any atom is -0.489 e. The highest BCUT2D eigenvalue weighted by Crippen LogP contribution is 2.20. The molecule has 0 aliphatic carbocycles. The van der Waals surface area contributed by atoms with Crippen molar-refractivity contribution in [3.63, 3.8) is 0 Å². The van der Waals surface area contributed by atoms with E-state index in [9.17, 15) is 0 Å². The third-order valence-corrected chi connectivity index (χ3v) is 2.88. The van der Waals surface area contributed by atoms with Crippen LogP contribution in [0.25, 0.3) is 0 Å². The van der Waals surface area contributed by atoms with Gasteiger partial charge in [0.25, 0.3) is 0 Å². The minimum atomic E-state index is 0.632. The fourth-order valence-electron chi connectivity index (χ4n) is 1.83. The number of rotatable bonds is 4. The standard InChI is InChI=1S/C16H18O.C2H6/c1-3-14-9-10-16(13(2)11-14)17-12-15-7-5-4-6-8-15;1-2/h4-11H,3,12H2,1-2H3;1-2H3. The average molecular weight is 256 g/mol. The van der Waals surface area contributed by atoms with Gasteiger partial charge in [0.15, 0.2) is 0 Å². The van der Waals surface area contributed by atoms with E-state index in [-0.39, 0.29) is 0 Å². The lowest BCUT2D eigenvalue weighted by Gasteiger charge is -2.10. The van der Waals surface area contributed by atoms with Crippen molar-refractivity contribution < 1.29 is 4.74 Å². The summed E-state index contributed by atoms with van der Waals surface area (Å²) in [4.78, 5) is 0. The van der Waals surface area contributed by atoms with Crippen molar-refractivity contribution in [2.75, 3.05) is 0 Å². The van der Waals surface area contributed by atoms with E-state index in [1.165, 1.54) is 16.7 Å². The minimum absolute atomic E-state index is 0.632. The molecule has 0 heterocycles. The normalized spacial score (nSPS) is 9.47. The second-order valence-electron chi connectivity index (χ2n) is 4.23. The van der Waals surface area contributed by atoms with Gasteiger partial charge in [0, 0.05) is 0 Å². The molecule has 0 N–H and O–H groups in total. The maximum absolute atomic E-state index is 5.82. The summed E-state index contributed by atoms with van der Waals surface area (Å²) in [6.07, 6.45) is 1.07. The van der Waals surface area contributed by atoms with Crippen LogP contribution in [0.3, 0.4) is 0 Å². The molecule has 0 aromatic heterocycles. The van der Waals surface area contributed by atoms with E-state index < -0.39 is 0 Å². The van der Waals surface area contributed by atoms with Crippen molar-refractivity contribution in [1.29, 1.82) is 0 Å². The van der Waals surface area contributed by atoms with Crippen LogP contribution in [0, 0.1) is 6.92 Å². The van der Waals surface area contributed by atoms with Gasteiger partial charge >= 0.3 is 0 Å². The first-order valence-corrected chi connectivity index (χ1v) is 7.06. The molecule has 19 heavy (non-hydrogen) atoms. The van der Waals surface area contributed by atoms with Gasteiger partial charge in [-0.25, -0.2) is 0 Å². The largest absolute Gasteiger partial charge is 0.489 e. The predicted octanol–water partition coefficient (Wildman–Crippen LogP) is 5.16. The van der Waals surface area contributed by atoms with Crippen LogP contribution in [0.1, 0.15) is 37.5 Å². The molecule has 1 nitrogen and oxygen atoms in total. The SMILES string of the molecule is CC.CCc1ccc(OCc2ccccc2)c(C)c1. The molecular formula is C18H24O. The van der Waals surface area contributed by atoms with Crippen molar-refractivity contribution >= 4 is 0 Å². The predicted molar refractivity (Wildman–Crippen MR) is 82.7 cm³/mol. The first kappa shape index (κ1) is 15.3. The van der Waals surface area contributed by atoms with Gasteiger partial charge in [0.05, 0.1) is 0 Å². The summed E-state index contributed by atoms with van der Waals surface area (Å²) in [6.45, 7) is 8.89. The van der Waals surface area contributed by atoms with E-state index >= 15 is 0 Å². The van der Waals surface area contributed by atoms with Crippen LogP contribution in [0.5, 0.6) is 5.75 Å². The lowest BCUT2D eigenvalue weighted by Crippen LogP contribution is -1.97. The molecule has 2 rings (SSSR count). The van der Waals surface area contributed by atoms with E-state index in [1.807, 2.05) is 32.0 Å². The monoisotopic (exact) mass is 256 g/mol. The second kappa shape index (κ2) is 8.36. The van der Waals surface area contributed by atoms with Crippen LogP contribution >= 0.6 is 0 Å². The van der Waals surface area contributed by atoms with Crippen LogP contribution in [0.4, 0.5) is 0 Å². The molecule has 0 saturated heterocycles. The molecule has 0 aliphatic heterocycles. The molecule has 0 spiro atoms. The van der Waals surface area contributed by atoms with Crippen molar-refractivity contribution in [1.82, 2.24) is 0 Å². The zero-order valence-electron chi connectivity index (χ0n) is 12.4. The molecule has 0 atom stereocenters. The molecule has 0 aliphatic rings. The second-order valence-corrected chi connectivity index (χ2v) is 4.23. The topological polar surface area (TPSA) is 9.23 Å². The quantitative estimate of drug-likeness (QED) is 0.734. The zero-order valence-corrected chi connectivity index (χ0v) is 12.4. The molecule has 0 radical (unpaired) electrons. The van der Waals surface area contributed by atoms with Crippen molar-refractivity contribution in [3.8, 4) is 5.75 Å². The van der Waals surface area contributed by atoms with E-state index in [2.05, 4.69) is 44.2 Å². The Bertz CT molecular complexity index is 474. The van der Waals surface area contributed by atoms with Gasteiger partial charge in [-0.3, -0.25) is 0 Å².